The molecule has 1 heterocycles. The Labute approximate surface area is 126 Å². The van der Waals surface area contributed by atoms with Crippen LogP contribution in [0.15, 0.2) is 34.9 Å². The molecule has 0 unspecified atom stereocenters. The minimum Gasteiger partial charge on any atom is -0.320 e. The number of halogens is 4. The summed E-state index contributed by atoms with van der Waals surface area (Å²) in [5, 5.41) is 2.92. The Hall–Kier alpha value is -1.17. The van der Waals surface area contributed by atoms with Crippen LogP contribution in [0.4, 0.5) is 10.1 Å². The van der Waals surface area contributed by atoms with E-state index >= 15 is 0 Å². The van der Waals surface area contributed by atoms with Crippen molar-refractivity contribution in [3.8, 4) is 0 Å². The fourth-order valence-corrected chi connectivity index (χ4v) is 2.19. The number of nitrogens with one attached hydrogen (secondary N) is 1. The molecule has 0 aliphatic carbocycles. The van der Waals surface area contributed by atoms with Crippen molar-refractivity contribution < 1.29 is 9.18 Å². The highest BCUT2D eigenvalue weighted by Crippen LogP contribution is 2.35. The van der Waals surface area contributed by atoms with Gasteiger partial charge in [0.2, 0.25) is 5.95 Å². The van der Waals surface area contributed by atoms with Crippen LogP contribution in [0, 0.1) is 5.95 Å². The summed E-state index contributed by atoms with van der Waals surface area (Å²) >= 11 is 15.1. The van der Waals surface area contributed by atoms with Crippen molar-refractivity contribution in [3.63, 3.8) is 0 Å². The third kappa shape index (κ3) is 3.05. The van der Waals surface area contributed by atoms with Gasteiger partial charge in [-0.1, -0.05) is 23.2 Å². The van der Waals surface area contributed by atoms with Gasteiger partial charge in [0.1, 0.15) is 0 Å². The lowest BCUT2D eigenvalue weighted by atomic mass is 10.2. The second-order valence-electron chi connectivity index (χ2n) is 3.52. The Kier molecular flexibility index (Phi) is 4.39. The van der Waals surface area contributed by atoms with E-state index in [-0.39, 0.29) is 15.6 Å². The van der Waals surface area contributed by atoms with E-state index in [1.807, 2.05) is 0 Å². The van der Waals surface area contributed by atoms with E-state index in [4.69, 9.17) is 23.2 Å². The number of pyridine rings is 1. The van der Waals surface area contributed by atoms with E-state index in [0.717, 1.165) is 0 Å². The van der Waals surface area contributed by atoms with Crippen molar-refractivity contribution in [2.24, 2.45) is 0 Å². The summed E-state index contributed by atoms with van der Waals surface area (Å²) in [6.07, 6.45) is 1.26. The van der Waals surface area contributed by atoms with Crippen LogP contribution in [0.25, 0.3) is 0 Å². The maximum atomic E-state index is 13.3. The van der Waals surface area contributed by atoms with Gasteiger partial charge < -0.3 is 5.32 Å². The number of rotatable bonds is 2. The van der Waals surface area contributed by atoms with E-state index in [1.54, 1.807) is 12.1 Å². The third-order valence-corrected chi connectivity index (χ3v) is 4.06. The maximum Gasteiger partial charge on any atom is 0.260 e. The van der Waals surface area contributed by atoms with Crippen LogP contribution in [0.3, 0.4) is 0 Å². The molecule has 0 spiro atoms. The first-order chi connectivity index (χ1) is 9.00. The number of hydrogen-bond donors (Lipinski definition) is 1. The Morgan fingerprint density at radius 3 is 2.68 bits per heavy atom. The highest BCUT2D eigenvalue weighted by molar-refractivity contribution is 9.10. The largest absolute Gasteiger partial charge is 0.320 e. The quantitative estimate of drug-likeness (QED) is 0.628. The summed E-state index contributed by atoms with van der Waals surface area (Å²) in [5.41, 5.74) is 0.126. The van der Waals surface area contributed by atoms with Crippen molar-refractivity contribution in [3.05, 3.63) is 56.5 Å². The number of amides is 1. The molecule has 1 N–H and O–H groups in total. The zero-order valence-corrected chi connectivity index (χ0v) is 12.4. The van der Waals surface area contributed by atoms with Gasteiger partial charge in [-0.05, 0) is 40.2 Å². The summed E-state index contributed by atoms with van der Waals surface area (Å²) in [6, 6.07) is 5.98. The molecule has 0 saturated heterocycles. The molecule has 0 radical (unpaired) electrons. The molecule has 1 amide bonds. The summed E-state index contributed by atoms with van der Waals surface area (Å²) in [7, 11) is 0. The molecule has 19 heavy (non-hydrogen) atoms. The van der Waals surface area contributed by atoms with Crippen LogP contribution < -0.4 is 5.32 Å². The van der Waals surface area contributed by atoms with Crippen molar-refractivity contribution >= 4 is 50.7 Å². The van der Waals surface area contributed by atoms with Gasteiger partial charge >= 0.3 is 0 Å². The predicted octanol–water partition coefficient (Wildman–Crippen LogP) is 4.54. The molecule has 98 valence electrons. The van der Waals surface area contributed by atoms with Gasteiger partial charge in [0.25, 0.3) is 5.91 Å². The van der Waals surface area contributed by atoms with Gasteiger partial charge in [-0.2, -0.15) is 4.39 Å². The number of carbonyl (C=O) groups excluding carboxylic acids is 1. The van der Waals surface area contributed by atoms with Crippen LogP contribution in [-0.2, 0) is 0 Å². The predicted molar refractivity (Wildman–Crippen MR) is 76.3 cm³/mol. The van der Waals surface area contributed by atoms with Crippen molar-refractivity contribution in [2.75, 3.05) is 5.32 Å². The second-order valence-corrected chi connectivity index (χ2v) is 5.13. The molecule has 0 bridgehead atoms. The van der Waals surface area contributed by atoms with E-state index in [2.05, 4.69) is 26.2 Å². The summed E-state index contributed by atoms with van der Waals surface area (Å²) in [4.78, 5) is 15.3. The SMILES string of the molecule is O=C(Nc1ccc(Br)c(Cl)c1Cl)c1cccnc1F. The summed E-state index contributed by atoms with van der Waals surface area (Å²) in [6.45, 7) is 0. The molecule has 0 saturated carbocycles. The Morgan fingerprint density at radius 2 is 2.00 bits per heavy atom. The number of carbonyl (C=O) groups is 1. The standard InChI is InChI=1S/C12H6BrCl2FN2O/c13-7-3-4-8(10(15)9(7)14)18-12(19)6-2-1-5-17-11(6)16/h1-5H,(H,18,19). The van der Waals surface area contributed by atoms with Crippen LogP contribution in [-0.4, -0.2) is 10.9 Å². The number of hydrogen-bond acceptors (Lipinski definition) is 2. The van der Waals surface area contributed by atoms with Gasteiger partial charge in [-0.25, -0.2) is 4.98 Å². The zero-order valence-electron chi connectivity index (χ0n) is 9.25. The fourth-order valence-electron chi connectivity index (χ4n) is 1.37. The molecule has 1 aromatic heterocycles. The summed E-state index contributed by atoms with van der Waals surface area (Å²) < 4.78 is 13.9. The molecule has 2 rings (SSSR count). The molecular formula is C12H6BrCl2FN2O. The smallest absolute Gasteiger partial charge is 0.260 e. The average Bonchev–Trinajstić information content (AvgIpc) is 2.40. The van der Waals surface area contributed by atoms with Crippen LogP contribution in [0.5, 0.6) is 0 Å². The second kappa shape index (κ2) is 5.86. The van der Waals surface area contributed by atoms with Crippen molar-refractivity contribution in [1.29, 1.82) is 0 Å². The lowest BCUT2D eigenvalue weighted by molar-refractivity contribution is 0.102. The fraction of sp³-hybridized carbons (Fsp3) is 0. The number of aromatic nitrogens is 1. The molecule has 2 aromatic rings. The zero-order chi connectivity index (χ0) is 14.0. The molecule has 0 fully saturated rings. The Bertz CT molecular complexity index is 652. The molecule has 0 aliphatic heterocycles. The minimum absolute atomic E-state index is 0.169. The first kappa shape index (κ1) is 14.2. The monoisotopic (exact) mass is 362 g/mol. The molecule has 7 heteroatoms. The lowest BCUT2D eigenvalue weighted by Crippen LogP contribution is -2.14. The van der Waals surface area contributed by atoms with Gasteiger partial charge in [0, 0.05) is 10.7 Å². The maximum absolute atomic E-state index is 13.3. The van der Waals surface area contributed by atoms with Gasteiger partial charge in [0.15, 0.2) is 0 Å². The molecule has 3 nitrogen and oxygen atoms in total. The average molecular weight is 364 g/mol. The third-order valence-electron chi connectivity index (χ3n) is 2.29. The molecule has 1 aromatic carbocycles. The topological polar surface area (TPSA) is 42.0 Å². The first-order valence-electron chi connectivity index (χ1n) is 5.06. The molecule has 0 atom stereocenters. The van der Waals surface area contributed by atoms with E-state index in [1.165, 1.54) is 18.3 Å². The molecular weight excluding hydrogens is 358 g/mol. The van der Waals surface area contributed by atoms with Crippen LogP contribution in [0.2, 0.25) is 10.0 Å². The summed E-state index contributed by atoms with van der Waals surface area (Å²) in [5.74, 6) is -1.50. The van der Waals surface area contributed by atoms with Gasteiger partial charge in [-0.15, -0.1) is 0 Å². The lowest BCUT2D eigenvalue weighted by Gasteiger charge is -2.09. The van der Waals surface area contributed by atoms with Gasteiger partial charge in [-0.3, -0.25) is 4.79 Å². The van der Waals surface area contributed by atoms with Crippen molar-refractivity contribution in [2.45, 2.75) is 0 Å². The van der Waals surface area contributed by atoms with Crippen molar-refractivity contribution in [1.82, 2.24) is 4.98 Å². The number of anilines is 1. The number of benzene rings is 1. The van der Waals surface area contributed by atoms with Crippen LogP contribution in [0.1, 0.15) is 10.4 Å². The first-order valence-corrected chi connectivity index (χ1v) is 6.61. The highest BCUT2D eigenvalue weighted by atomic mass is 79.9. The Morgan fingerprint density at radius 1 is 1.26 bits per heavy atom. The van der Waals surface area contributed by atoms with E-state index in [9.17, 15) is 9.18 Å². The van der Waals surface area contributed by atoms with Gasteiger partial charge in [0.05, 0.1) is 21.3 Å². The minimum atomic E-state index is -0.848. The molecule has 0 aliphatic rings. The Balaban J connectivity index is 2.30. The highest BCUT2D eigenvalue weighted by Gasteiger charge is 2.15. The van der Waals surface area contributed by atoms with Crippen LogP contribution >= 0.6 is 39.1 Å². The normalized spacial score (nSPS) is 10.3. The van der Waals surface area contributed by atoms with E-state index in [0.29, 0.717) is 10.2 Å². The number of nitrogens with zero attached hydrogens (tertiary/aromatic N) is 1. The van der Waals surface area contributed by atoms with E-state index < -0.39 is 11.9 Å².